The molecule has 4 nitrogen and oxygen atoms in total. The van der Waals surface area contributed by atoms with E-state index in [0.717, 1.165) is 11.4 Å². The lowest BCUT2D eigenvalue weighted by molar-refractivity contribution is 0.811. The van der Waals surface area contributed by atoms with E-state index in [9.17, 15) is 4.79 Å². The van der Waals surface area contributed by atoms with Crippen molar-refractivity contribution in [1.82, 2.24) is 15.0 Å². The molecule has 2 aromatic rings. The molecule has 0 amide bonds. The predicted molar refractivity (Wildman–Crippen MR) is 66.9 cm³/mol. The Labute approximate surface area is 99.8 Å². The zero-order valence-corrected chi connectivity index (χ0v) is 10.2. The highest BCUT2D eigenvalue weighted by Crippen LogP contribution is 2.14. The van der Waals surface area contributed by atoms with E-state index in [-0.39, 0.29) is 11.5 Å². The lowest BCUT2D eigenvalue weighted by Crippen LogP contribution is -2.11. The van der Waals surface area contributed by atoms with Crippen LogP contribution in [0.2, 0.25) is 0 Å². The quantitative estimate of drug-likeness (QED) is 0.859. The number of hydrogen-bond acceptors (Lipinski definition) is 3. The molecule has 0 spiro atoms. The smallest absolute Gasteiger partial charge is 0.251 e. The molecule has 88 valence electrons. The van der Waals surface area contributed by atoms with Crippen molar-refractivity contribution < 1.29 is 0 Å². The maximum Gasteiger partial charge on any atom is 0.251 e. The van der Waals surface area contributed by atoms with Crippen molar-refractivity contribution in [2.24, 2.45) is 0 Å². The van der Waals surface area contributed by atoms with Crippen LogP contribution >= 0.6 is 0 Å². The first-order valence-corrected chi connectivity index (χ1v) is 5.61. The summed E-state index contributed by atoms with van der Waals surface area (Å²) in [5.41, 5.74) is 2.25. The molecule has 0 saturated carbocycles. The standard InChI is InChI=1S/C13H15N3O/c1-8(2)11-7-12(17)16-13(15-11)10-6-4-5-9(3)14-10/h4-8H,1-3H3,(H,15,16,17). The van der Waals surface area contributed by atoms with E-state index < -0.39 is 0 Å². The van der Waals surface area contributed by atoms with Gasteiger partial charge < -0.3 is 4.98 Å². The Hall–Kier alpha value is -1.97. The molecule has 0 radical (unpaired) electrons. The number of rotatable bonds is 2. The van der Waals surface area contributed by atoms with Crippen molar-refractivity contribution in [2.75, 3.05) is 0 Å². The molecular formula is C13H15N3O. The van der Waals surface area contributed by atoms with E-state index in [0.29, 0.717) is 11.5 Å². The topological polar surface area (TPSA) is 58.6 Å². The minimum atomic E-state index is -0.137. The Balaban J connectivity index is 2.56. The van der Waals surface area contributed by atoms with Gasteiger partial charge in [0, 0.05) is 11.8 Å². The minimum Gasteiger partial charge on any atom is -0.305 e. The molecule has 0 aromatic carbocycles. The Morgan fingerprint density at radius 3 is 2.65 bits per heavy atom. The van der Waals surface area contributed by atoms with Gasteiger partial charge in [-0.1, -0.05) is 19.9 Å². The van der Waals surface area contributed by atoms with Crippen LogP contribution in [0.5, 0.6) is 0 Å². The van der Waals surface area contributed by atoms with E-state index >= 15 is 0 Å². The first-order chi connectivity index (χ1) is 8.06. The number of nitrogens with one attached hydrogen (secondary N) is 1. The van der Waals surface area contributed by atoms with Gasteiger partial charge in [0.2, 0.25) is 0 Å². The van der Waals surface area contributed by atoms with Gasteiger partial charge in [-0.05, 0) is 25.0 Å². The summed E-state index contributed by atoms with van der Waals surface area (Å²) in [5.74, 6) is 0.755. The van der Waals surface area contributed by atoms with Gasteiger partial charge in [0.15, 0.2) is 5.82 Å². The highest BCUT2D eigenvalue weighted by atomic mass is 16.1. The minimum absolute atomic E-state index is 0.137. The highest BCUT2D eigenvalue weighted by molar-refractivity contribution is 5.49. The van der Waals surface area contributed by atoms with Gasteiger partial charge in [-0.3, -0.25) is 4.79 Å². The molecule has 1 N–H and O–H groups in total. The van der Waals surface area contributed by atoms with Crippen LogP contribution in [-0.4, -0.2) is 15.0 Å². The summed E-state index contributed by atoms with van der Waals surface area (Å²) in [6.07, 6.45) is 0. The molecule has 0 saturated heterocycles. The molecule has 0 aliphatic rings. The number of aromatic nitrogens is 3. The van der Waals surface area contributed by atoms with Gasteiger partial charge >= 0.3 is 0 Å². The number of hydrogen-bond donors (Lipinski definition) is 1. The molecule has 2 aromatic heterocycles. The molecule has 2 rings (SSSR count). The Bertz CT molecular complexity index is 587. The van der Waals surface area contributed by atoms with Crippen LogP contribution in [0.1, 0.15) is 31.2 Å². The average Bonchev–Trinajstić information content (AvgIpc) is 2.28. The van der Waals surface area contributed by atoms with Crippen LogP contribution < -0.4 is 5.56 Å². The Kier molecular flexibility index (Phi) is 3.04. The average molecular weight is 229 g/mol. The van der Waals surface area contributed by atoms with Crippen LogP contribution in [0.3, 0.4) is 0 Å². The third-order valence-corrected chi connectivity index (χ3v) is 2.48. The number of nitrogens with zero attached hydrogens (tertiary/aromatic N) is 2. The zero-order chi connectivity index (χ0) is 12.4. The fourth-order valence-electron chi connectivity index (χ4n) is 1.57. The molecule has 0 bridgehead atoms. The lowest BCUT2D eigenvalue weighted by Gasteiger charge is -2.06. The third kappa shape index (κ3) is 2.58. The highest BCUT2D eigenvalue weighted by Gasteiger charge is 2.07. The molecule has 0 unspecified atom stereocenters. The van der Waals surface area contributed by atoms with Gasteiger partial charge in [0.25, 0.3) is 5.56 Å². The normalized spacial score (nSPS) is 10.8. The van der Waals surface area contributed by atoms with Crippen LogP contribution in [-0.2, 0) is 0 Å². The summed E-state index contributed by atoms with van der Waals surface area (Å²) in [4.78, 5) is 23.0. The number of H-pyrrole nitrogens is 1. The molecule has 0 aliphatic carbocycles. The van der Waals surface area contributed by atoms with Crippen molar-refractivity contribution in [1.29, 1.82) is 0 Å². The number of aryl methyl sites for hydroxylation is 1. The van der Waals surface area contributed by atoms with E-state index in [1.807, 2.05) is 39.0 Å². The van der Waals surface area contributed by atoms with Crippen LogP contribution in [0.4, 0.5) is 0 Å². The first kappa shape index (κ1) is 11.5. The summed E-state index contributed by atoms with van der Waals surface area (Å²) in [6.45, 7) is 5.93. The molecule has 2 heterocycles. The fourth-order valence-corrected chi connectivity index (χ4v) is 1.57. The van der Waals surface area contributed by atoms with Gasteiger partial charge in [0.05, 0.1) is 5.69 Å². The number of pyridine rings is 1. The van der Waals surface area contributed by atoms with Crippen LogP contribution in [0.25, 0.3) is 11.5 Å². The second-order valence-corrected chi connectivity index (χ2v) is 4.34. The summed E-state index contributed by atoms with van der Waals surface area (Å²) in [5, 5.41) is 0. The summed E-state index contributed by atoms with van der Waals surface area (Å²) in [6, 6.07) is 7.19. The van der Waals surface area contributed by atoms with Crippen molar-refractivity contribution in [2.45, 2.75) is 26.7 Å². The second kappa shape index (κ2) is 4.49. The Morgan fingerprint density at radius 1 is 1.24 bits per heavy atom. The third-order valence-electron chi connectivity index (χ3n) is 2.48. The second-order valence-electron chi connectivity index (χ2n) is 4.34. The van der Waals surface area contributed by atoms with E-state index in [4.69, 9.17) is 0 Å². The zero-order valence-electron chi connectivity index (χ0n) is 10.2. The largest absolute Gasteiger partial charge is 0.305 e. The monoisotopic (exact) mass is 229 g/mol. The molecule has 0 fully saturated rings. The van der Waals surface area contributed by atoms with Crippen LogP contribution in [0, 0.1) is 6.92 Å². The predicted octanol–water partition coefficient (Wildman–Crippen LogP) is 2.26. The SMILES string of the molecule is Cc1cccc(-c2nc(C(C)C)cc(=O)[nH]2)n1. The van der Waals surface area contributed by atoms with Crippen LogP contribution in [0.15, 0.2) is 29.1 Å². The lowest BCUT2D eigenvalue weighted by atomic mass is 10.1. The van der Waals surface area contributed by atoms with Gasteiger partial charge in [-0.25, -0.2) is 9.97 Å². The van der Waals surface area contributed by atoms with Crippen molar-refractivity contribution in [3.63, 3.8) is 0 Å². The fraction of sp³-hybridized carbons (Fsp3) is 0.308. The van der Waals surface area contributed by atoms with Gasteiger partial charge in [-0.15, -0.1) is 0 Å². The number of aromatic amines is 1. The van der Waals surface area contributed by atoms with Gasteiger partial charge in [-0.2, -0.15) is 0 Å². The van der Waals surface area contributed by atoms with Crippen molar-refractivity contribution in [3.8, 4) is 11.5 Å². The first-order valence-electron chi connectivity index (χ1n) is 5.61. The molecule has 17 heavy (non-hydrogen) atoms. The maximum absolute atomic E-state index is 11.6. The maximum atomic E-state index is 11.6. The van der Waals surface area contributed by atoms with E-state index in [1.165, 1.54) is 6.07 Å². The van der Waals surface area contributed by atoms with Crippen molar-refractivity contribution in [3.05, 3.63) is 46.0 Å². The summed E-state index contributed by atoms with van der Waals surface area (Å²) >= 11 is 0. The molecule has 4 heteroatoms. The summed E-state index contributed by atoms with van der Waals surface area (Å²) < 4.78 is 0. The van der Waals surface area contributed by atoms with E-state index in [2.05, 4.69) is 15.0 Å². The van der Waals surface area contributed by atoms with Gasteiger partial charge in [0.1, 0.15) is 5.69 Å². The van der Waals surface area contributed by atoms with E-state index in [1.54, 1.807) is 0 Å². The summed E-state index contributed by atoms with van der Waals surface area (Å²) in [7, 11) is 0. The Morgan fingerprint density at radius 2 is 2.00 bits per heavy atom. The molecular weight excluding hydrogens is 214 g/mol. The molecule has 0 atom stereocenters. The molecule has 0 aliphatic heterocycles. The van der Waals surface area contributed by atoms with Crippen molar-refractivity contribution >= 4 is 0 Å².